The highest BCUT2D eigenvalue weighted by molar-refractivity contribution is 7.98. The van der Waals surface area contributed by atoms with Crippen molar-refractivity contribution in [2.75, 3.05) is 19.5 Å². The molecule has 0 bridgehead atoms. The van der Waals surface area contributed by atoms with Crippen molar-refractivity contribution in [1.82, 2.24) is 4.57 Å². The first-order valence-electron chi connectivity index (χ1n) is 5.96. The van der Waals surface area contributed by atoms with Gasteiger partial charge >= 0.3 is 0 Å². The maximum absolute atomic E-state index is 5.74. The maximum atomic E-state index is 5.74. The average molecular weight is 271 g/mol. The highest BCUT2D eigenvalue weighted by Crippen LogP contribution is 2.29. The molecule has 4 nitrogen and oxygen atoms in total. The molecule has 0 spiro atoms. The van der Waals surface area contributed by atoms with Crippen molar-refractivity contribution >= 4 is 11.8 Å². The minimum Gasteiger partial charge on any atom is -0.500 e. The van der Waals surface area contributed by atoms with E-state index in [2.05, 4.69) is 11.1 Å². The first-order valence-corrected chi connectivity index (χ1v) is 7.19. The highest BCUT2D eigenvalue weighted by atomic mass is 32.2. The van der Waals surface area contributed by atoms with Crippen molar-refractivity contribution in [2.45, 2.75) is 31.7 Å². The second kappa shape index (κ2) is 8.11. The van der Waals surface area contributed by atoms with E-state index in [0.29, 0.717) is 13.2 Å². The molecule has 1 unspecified atom stereocenters. The van der Waals surface area contributed by atoms with Gasteiger partial charge in [-0.15, -0.1) is 11.8 Å². The summed E-state index contributed by atoms with van der Waals surface area (Å²) in [5.74, 6) is 0.849. The maximum Gasteiger partial charge on any atom is 0.197 e. The standard InChI is InChI=1S/C13H21NO3S/c1-5-15-10-9-14-8-7-12(13(14)18-4)17-11(3)16-6-2/h5,7-8,11H,1,6,9-10H2,2-4H3. The Morgan fingerprint density at radius 2 is 2.33 bits per heavy atom. The predicted molar refractivity (Wildman–Crippen MR) is 74.1 cm³/mol. The van der Waals surface area contributed by atoms with Crippen LogP contribution < -0.4 is 4.74 Å². The monoisotopic (exact) mass is 271 g/mol. The smallest absolute Gasteiger partial charge is 0.197 e. The fraction of sp³-hybridized carbons (Fsp3) is 0.538. The van der Waals surface area contributed by atoms with Gasteiger partial charge in [-0.25, -0.2) is 0 Å². The molecular weight excluding hydrogens is 250 g/mol. The first kappa shape index (κ1) is 15.0. The minimum absolute atomic E-state index is 0.235. The van der Waals surface area contributed by atoms with Gasteiger partial charge in [-0.2, -0.15) is 0 Å². The molecule has 0 N–H and O–H groups in total. The molecule has 0 aliphatic carbocycles. The van der Waals surface area contributed by atoms with Gasteiger partial charge in [-0.1, -0.05) is 6.58 Å². The zero-order chi connectivity index (χ0) is 13.4. The molecule has 18 heavy (non-hydrogen) atoms. The van der Waals surface area contributed by atoms with Crippen LogP contribution in [0.2, 0.25) is 0 Å². The Bertz CT molecular complexity index is 365. The predicted octanol–water partition coefficient (Wildman–Crippen LogP) is 3.13. The lowest BCUT2D eigenvalue weighted by Gasteiger charge is -2.15. The minimum atomic E-state index is -0.235. The number of nitrogens with zero attached hydrogens (tertiary/aromatic N) is 1. The summed E-state index contributed by atoms with van der Waals surface area (Å²) in [5.41, 5.74) is 0. The number of rotatable bonds is 9. The number of hydrogen-bond donors (Lipinski definition) is 0. The van der Waals surface area contributed by atoms with Crippen molar-refractivity contribution in [1.29, 1.82) is 0 Å². The van der Waals surface area contributed by atoms with E-state index < -0.39 is 0 Å². The highest BCUT2D eigenvalue weighted by Gasteiger charge is 2.12. The van der Waals surface area contributed by atoms with Gasteiger partial charge < -0.3 is 18.8 Å². The quantitative estimate of drug-likeness (QED) is 0.299. The molecule has 0 fully saturated rings. The fourth-order valence-corrected chi connectivity index (χ4v) is 2.31. The third-order valence-electron chi connectivity index (χ3n) is 2.33. The molecule has 102 valence electrons. The van der Waals surface area contributed by atoms with Crippen molar-refractivity contribution in [3.8, 4) is 5.75 Å². The normalized spacial score (nSPS) is 12.2. The van der Waals surface area contributed by atoms with Crippen molar-refractivity contribution in [2.24, 2.45) is 0 Å². The van der Waals surface area contributed by atoms with Crippen LogP contribution in [-0.4, -0.2) is 30.3 Å². The summed E-state index contributed by atoms with van der Waals surface area (Å²) in [6.07, 6.45) is 5.24. The van der Waals surface area contributed by atoms with Crippen molar-refractivity contribution in [3.05, 3.63) is 25.1 Å². The molecule has 0 saturated carbocycles. The molecule has 0 aliphatic rings. The third kappa shape index (κ3) is 4.31. The van der Waals surface area contributed by atoms with Gasteiger partial charge in [0.1, 0.15) is 11.6 Å². The molecule has 1 heterocycles. The molecule has 0 saturated heterocycles. The third-order valence-corrected chi connectivity index (χ3v) is 3.16. The van der Waals surface area contributed by atoms with Gasteiger partial charge in [0.2, 0.25) is 0 Å². The Morgan fingerprint density at radius 1 is 1.56 bits per heavy atom. The Hall–Kier alpha value is -1.07. The van der Waals surface area contributed by atoms with Gasteiger partial charge in [0.15, 0.2) is 12.0 Å². The largest absolute Gasteiger partial charge is 0.500 e. The van der Waals surface area contributed by atoms with Gasteiger partial charge in [-0.3, -0.25) is 0 Å². The summed E-state index contributed by atoms with van der Waals surface area (Å²) in [5, 5.41) is 1.08. The molecule has 1 atom stereocenters. The van der Waals surface area contributed by atoms with E-state index in [1.54, 1.807) is 11.8 Å². The van der Waals surface area contributed by atoms with Gasteiger partial charge in [-0.05, 0) is 26.2 Å². The molecule has 1 aromatic rings. The van der Waals surface area contributed by atoms with E-state index in [0.717, 1.165) is 17.3 Å². The lowest BCUT2D eigenvalue weighted by molar-refractivity contribution is -0.0628. The van der Waals surface area contributed by atoms with Crippen molar-refractivity contribution in [3.63, 3.8) is 0 Å². The van der Waals surface area contributed by atoms with Gasteiger partial charge in [0.05, 0.1) is 12.8 Å². The molecular formula is C13H21NO3S. The summed E-state index contributed by atoms with van der Waals surface area (Å²) in [6.45, 7) is 9.39. The van der Waals surface area contributed by atoms with Crippen LogP contribution in [0.3, 0.4) is 0 Å². The number of thioether (sulfide) groups is 1. The molecule has 0 aliphatic heterocycles. The van der Waals surface area contributed by atoms with Crippen LogP contribution in [0.25, 0.3) is 0 Å². The number of hydrogen-bond acceptors (Lipinski definition) is 4. The summed E-state index contributed by atoms with van der Waals surface area (Å²) < 4.78 is 18.3. The number of aromatic nitrogens is 1. The zero-order valence-corrected chi connectivity index (χ0v) is 12.0. The topological polar surface area (TPSA) is 32.6 Å². The van der Waals surface area contributed by atoms with Crippen LogP contribution >= 0.6 is 11.8 Å². The van der Waals surface area contributed by atoms with Gasteiger partial charge in [0.25, 0.3) is 0 Å². The van der Waals surface area contributed by atoms with Crippen LogP contribution in [0.1, 0.15) is 13.8 Å². The zero-order valence-electron chi connectivity index (χ0n) is 11.2. The van der Waals surface area contributed by atoms with Crippen LogP contribution in [0, 0.1) is 0 Å². The summed E-state index contributed by atoms with van der Waals surface area (Å²) in [4.78, 5) is 0. The molecule has 1 aromatic heterocycles. The van der Waals surface area contributed by atoms with E-state index in [-0.39, 0.29) is 6.29 Å². The van der Waals surface area contributed by atoms with E-state index in [1.807, 2.05) is 32.4 Å². The van der Waals surface area contributed by atoms with E-state index in [4.69, 9.17) is 14.2 Å². The van der Waals surface area contributed by atoms with E-state index in [1.165, 1.54) is 6.26 Å². The lowest BCUT2D eigenvalue weighted by Crippen LogP contribution is -2.16. The molecule has 1 rings (SSSR count). The average Bonchev–Trinajstić information content (AvgIpc) is 2.72. The summed E-state index contributed by atoms with van der Waals surface area (Å²) in [6, 6.07) is 1.95. The van der Waals surface area contributed by atoms with E-state index >= 15 is 0 Å². The molecule has 0 amide bonds. The van der Waals surface area contributed by atoms with Crippen molar-refractivity contribution < 1.29 is 14.2 Å². The second-order valence-electron chi connectivity index (χ2n) is 3.56. The van der Waals surface area contributed by atoms with E-state index in [9.17, 15) is 0 Å². The summed E-state index contributed by atoms with van der Waals surface area (Å²) >= 11 is 1.65. The summed E-state index contributed by atoms with van der Waals surface area (Å²) in [7, 11) is 0. The Balaban J connectivity index is 2.65. The number of ether oxygens (including phenoxy) is 3. The second-order valence-corrected chi connectivity index (χ2v) is 4.36. The fourth-order valence-electron chi connectivity index (χ4n) is 1.60. The van der Waals surface area contributed by atoms with Crippen LogP contribution in [-0.2, 0) is 16.0 Å². The Labute approximate surface area is 113 Å². The van der Waals surface area contributed by atoms with Crippen LogP contribution in [0.5, 0.6) is 5.75 Å². The molecule has 5 heteroatoms. The Kier molecular flexibility index (Phi) is 6.75. The molecule has 0 aromatic carbocycles. The Morgan fingerprint density at radius 3 is 2.94 bits per heavy atom. The molecule has 0 radical (unpaired) electrons. The SMILES string of the molecule is C=COCCn1ccc(OC(C)OCC)c1SC. The first-order chi connectivity index (χ1) is 8.72. The van der Waals surface area contributed by atoms with Gasteiger partial charge in [0, 0.05) is 12.8 Å². The lowest BCUT2D eigenvalue weighted by atomic mass is 10.6. The van der Waals surface area contributed by atoms with Crippen LogP contribution in [0.4, 0.5) is 0 Å². The van der Waals surface area contributed by atoms with Crippen LogP contribution in [0.15, 0.2) is 30.1 Å².